The van der Waals surface area contributed by atoms with E-state index in [0.29, 0.717) is 23.7 Å². The maximum atomic E-state index is 12.7. The first kappa shape index (κ1) is 19.7. The van der Waals surface area contributed by atoms with Crippen LogP contribution in [-0.4, -0.2) is 78.7 Å². The van der Waals surface area contributed by atoms with Crippen molar-refractivity contribution >= 4 is 39.5 Å². The first-order valence-corrected chi connectivity index (χ1v) is 10.8. The lowest BCUT2D eigenvalue weighted by Crippen LogP contribution is -2.47. The fourth-order valence-corrected chi connectivity index (χ4v) is 4.66. The highest BCUT2D eigenvalue weighted by molar-refractivity contribution is 9.10. The van der Waals surface area contributed by atoms with Crippen LogP contribution in [0, 0.1) is 0 Å². The lowest BCUT2D eigenvalue weighted by molar-refractivity contribution is -0.124. The summed E-state index contributed by atoms with van der Waals surface area (Å²) in [6.07, 6.45) is 0.908. The molecule has 1 N–H and O–H groups in total. The summed E-state index contributed by atoms with van der Waals surface area (Å²) in [4.78, 5) is 29.3. The van der Waals surface area contributed by atoms with Crippen molar-refractivity contribution < 1.29 is 14.3 Å². The van der Waals surface area contributed by atoms with Crippen LogP contribution in [0.2, 0.25) is 0 Å². The molecule has 1 aromatic rings. The molecule has 142 valence electrons. The molecule has 2 saturated heterocycles. The number of hydrogen-bond donors (Lipinski definition) is 1. The van der Waals surface area contributed by atoms with Gasteiger partial charge in [0.1, 0.15) is 6.04 Å². The predicted molar refractivity (Wildman–Crippen MR) is 106 cm³/mol. The molecule has 3 rings (SSSR count). The smallest absolute Gasteiger partial charge is 0.255 e. The summed E-state index contributed by atoms with van der Waals surface area (Å²) in [5.74, 6) is 1.05. The van der Waals surface area contributed by atoms with Gasteiger partial charge in [-0.3, -0.25) is 14.5 Å². The van der Waals surface area contributed by atoms with Crippen molar-refractivity contribution in [1.82, 2.24) is 15.1 Å². The van der Waals surface area contributed by atoms with Crippen molar-refractivity contribution in [3.05, 3.63) is 34.3 Å². The lowest BCUT2D eigenvalue weighted by atomic mass is 10.1. The normalized spacial score (nSPS) is 21.0. The Hall–Kier alpha value is -1.09. The third-order valence-electron chi connectivity index (χ3n) is 4.57. The standard InChI is InChI=1S/C18H24BrN3O3S/c19-15-4-1-3-14(11-15)18(24)22-13-26-12-16(22)17(23)20-5-2-6-21-7-9-25-10-8-21/h1,3-4,11,16H,2,5-10,12-13H2,(H,20,23). The van der Waals surface area contributed by atoms with E-state index in [4.69, 9.17) is 4.74 Å². The summed E-state index contributed by atoms with van der Waals surface area (Å²) in [6.45, 7) is 5.10. The van der Waals surface area contributed by atoms with E-state index in [9.17, 15) is 9.59 Å². The second-order valence-electron chi connectivity index (χ2n) is 6.40. The first-order chi connectivity index (χ1) is 12.6. The van der Waals surface area contributed by atoms with Crippen molar-refractivity contribution in [2.45, 2.75) is 12.5 Å². The molecule has 2 fully saturated rings. The maximum Gasteiger partial charge on any atom is 0.255 e. The Morgan fingerprint density at radius 2 is 2.12 bits per heavy atom. The first-order valence-electron chi connectivity index (χ1n) is 8.87. The van der Waals surface area contributed by atoms with Crippen LogP contribution in [-0.2, 0) is 9.53 Å². The fourth-order valence-electron chi connectivity index (χ4n) is 3.10. The summed E-state index contributed by atoms with van der Waals surface area (Å²) in [7, 11) is 0. The van der Waals surface area contributed by atoms with Gasteiger partial charge in [-0.2, -0.15) is 0 Å². The number of ether oxygens (including phenoxy) is 1. The Morgan fingerprint density at radius 3 is 2.88 bits per heavy atom. The molecule has 1 atom stereocenters. The minimum absolute atomic E-state index is 0.0553. The number of nitrogens with zero attached hydrogens (tertiary/aromatic N) is 2. The molecule has 0 spiro atoms. The summed E-state index contributed by atoms with van der Waals surface area (Å²) >= 11 is 5.01. The molecule has 26 heavy (non-hydrogen) atoms. The van der Waals surface area contributed by atoms with Gasteiger partial charge in [-0.15, -0.1) is 11.8 Å². The third-order valence-corrected chi connectivity index (χ3v) is 6.08. The molecule has 1 aromatic carbocycles. The fraction of sp³-hybridized carbons (Fsp3) is 0.556. The molecule has 6 nitrogen and oxygen atoms in total. The number of carbonyl (C=O) groups is 2. The summed E-state index contributed by atoms with van der Waals surface area (Å²) in [5, 5.41) is 3.00. The maximum absolute atomic E-state index is 12.7. The number of rotatable bonds is 6. The molecule has 8 heteroatoms. The second kappa shape index (κ2) is 9.73. The Morgan fingerprint density at radius 1 is 1.31 bits per heavy atom. The molecule has 0 bridgehead atoms. The molecule has 0 saturated carbocycles. The molecular formula is C18H24BrN3O3S. The summed E-state index contributed by atoms with van der Waals surface area (Å²) in [6, 6.07) is 6.90. The topological polar surface area (TPSA) is 61.9 Å². The highest BCUT2D eigenvalue weighted by Crippen LogP contribution is 2.24. The van der Waals surface area contributed by atoms with Gasteiger partial charge >= 0.3 is 0 Å². The minimum atomic E-state index is -0.394. The van der Waals surface area contributed by atoms with E-state index < -0.39 is 6.04 Å². The SMILES string of the molecule is O=C(NCCCN1CCOCC1)C1CSCN1C(=O)c1cccc(Br)c1. The van der Waals surface area contributed by atoms with Gasteiger partial charge < -0.3 is 15.0 Å². The Labute approximate surface area is 166 Å². The molecule has 0 radical (unpaired) electrons. The van der Waals surface area contributed by atoms with Crippen LogP contribution in [0.15, 0.2) is 28.7 Å². The monoisotopic (exact) mass is 441 g/mol. The molecule has 2 aliphatic rings. The number of morpholine rings is 1. The van der Waals surface area contributed by atoms with Gasteiger partial charge in [0.2, 0.25) is 5.91 Å². The van der Waals surface area contributed by atoms with Gasteiger partial charge in [0.05, 0.1) is 19.1 Å². The highest BCUT2D eigenvalue weighted by Gasteiger charge is 2.34. The number of carbonyl (C=O) groups excluding carboxylic acids is 2. The quantitative estimate of drug-likeness (QED) is 0.681. The van der Waals surface area contributed by atoms with Gasteiger partial charge in [0.25, 0.3) is 5.91 Å². The number of hydrogen-bond acceptors (Lipinski definition) is 5. The zero-order valence-electron chi connectivity index (χ0n) is 14.7. The van der Waals surface area contributed by atoms with Crippen LogP contribution in [0.1, 0.15) is 16.8 Å². The average molecular weight is 442 g/mol. The van der Waals surface area contributed by atoms with Crippen LogP contribution in [0.5, 0.6) is 0 Å². The van der Waals surface area contributed by atoms with Crippen LogP contribution in [0.3, 0.4) is 0 Å². The van der Waals surface area contributed by atoms with Gasteiger partial charge in [-0.05, 0) is 31.2 Å². The molecule has 2 aliphatic heterocycles. The molecule has 0 aliphatic carbocycles. The number of nitrogens with one attached hydrogen (secondary N) is 1. The van der Waals surface area contributed by atoms with Crippen molar-refractivity contribution in [3.8, 4) is 0 Å². The average Bonchev–Trinajstić information content (AvgIpc) is 3.15. The summed E-state index contributed by atoms with van der Waals surface area (Å²) in [5.41, 5.74) is 0.604. The zero-order chi connectivity index (χ0) is 18.4. The second-order valence-corrected chi connectivity index (χ2v) is 8.32. The van der Waals surface area contributed by atoms with Crippen molar-refractivity contribution in [2.75, 3.05) is 51.0 Å². The number of amides is 2. The largest absolute Gasteiger partial charge is 0.379 e. The van der Waals surface area contributed by atoms with Crippen LogP contribution >= 0.6 is 27.7 Å². The summed E-state index contributed by atoms with van der Waals surface area (Å²) < 4.78 is 6.20. The number of halogens is 1. The Kier molecular flexibility index (Phi) is 7.36. The van der Waals surface area contributed by atoms with Gasteiger partial charge in [0, 0.05) is 35.4 Å². The third kappa shape index (κ3) is 5.22. The van der Waals surface area contributed by atoms with Gasteiger partial charge in [0.15, 0.2) is 0 Å². The van der Waals surface area contributed by atoms with E-state index in [1.807, 2.05) is 12.1 Å². The predicted octanol–water partition coefficient (Wildman–Crippen LogP) is 1.80. The number of benzene rings is 1. The van der Waals surface area contributed by atoms with E-state index in [-0.39, 0.29) is 11.8 Å². The number of thioether (sulfide) groups is 1. The van der Waals surface area contributed by atoms with Crippen molar-refractivity contribution in [2.24, 2.45) is 0 Å². The van der Waals surface area contributed by atoms with Crippen molar-refractivity contribution in [3.63, 3.8) is 0 Å². The van der Waals surface area contributed by atoms with E-state index in [0.717, 1.165) is 43.7 Å². The molecule has 1 unspecified atom stereocenters. The van der Waals surface area contributed by atoms with Gasteiger partial charge in [-0.25, -0.2) is 0 Å². The van der Waals surface area contributed by atoms with E-state index in [1.54, 1.807) is 28.8 Å². The molecular weight excluding hydrogens is 418 g/mol. The minimum Gasteiger partial charge on any atom is -0.379 e. The highest BCUT2D eigenvalue weighted by atomic mass is 79.9. The van der Waals surface area contributed by atoms with E-state index >= 15 is 0 Å². The molecule has 2 heterocycles. The molecule has 0 aromatic heterocycles. The van der Waals surface area contributed by atoms with Crippen LogP contribution in [0.4, 0.5) is 0 Å². The van der Waals surface area contributed by atoms with E-state index in [1.165, 1.54) is 0 Å². The molecule has 2 amide bonds. The zero-order valence-corrected chi connectivity index (χ0v) is 17.1. The van der Waals surface area contributed by atoms with Crippen molar-refractivity contribution in [1.29, 1.82) is 0 Å². The Balaban J connectivity index is 1.47. The van der Waals surface area contributed by atoms with Gasteiger partial charge in [-0.1, -0.05) is 22.0 Å². The van der Waals surface area contributed by atoms with E-state index in [2.05, 4.69) is 26.1 Å². The lowest BCUT2D eigenvalue weighted by Gasteiger charge is -2.27. The Bertz CT molecular complexity index is 640. The van der Waals surface area contributed by atoms with Crippen LogP contribution in [0.25, 0.3) is 0 Å². The van der Waals surface area contributed by atoms with Crippen LogP contribution < -0.4 is 5.32 Å².